The minimum atomic E-state index is 0.208. The smallest absolute Gasteiger partial charge is 0.0541 e. The Morgan fingerprint density at radius 2 is 1.00 bits per heavy atom. The summed E-state index contributed by atoms with van der Waals surface area (Å²) in [6.45, 7) is 2.37. The Kier molecular flexibility index (Phi) is 5.40. The molecule has 0 atom stereocenters. The lowest BCUT2D eigenvalue weighted by Gasteiger charge is -2.28. The molecule has 0 saturated carbocycles. The molecule has 0 radical (unpaired) electrons. The second-order valence-electron chi connectivity index (χ2n) is 10.5. The van der Waals surface area contributed by atoms with Crippen LogP contribution in [0, 0.1) is 0 Å². The third kappa shape index (κ3) is 3.72. The largest absolute Gasteiger partial charge is 0.311 e. The van der Waals surface area contributed by atoms with Gasteiger partial charge in [-0.15, -0.1) is 0 Å². The van der Waals surface area contributed by atoms with Crippen LogP contribution in [0.5, 0.6) is 0 Å². The van der Waals surface area contributed by atoms with Crippen molar-refractivity contribution in [2.45, 2.75) is 25.2 Å². The molecule has 0 spiro atoms. The Bertz CT molecular complexity index is 1700. The van der Waals surface area contributed by atoms with E-state index < -0.39 is 0 Å². The number of allylic oxidation sites excluding steroid dienone is 2. The first kappa shape index (κ1) is 22.6. The van der Waals surface area contributed by atoms with Crippen LogP contribution in [0.4, 0.5) is 17.1 Å². The molecule has 0 saturated heterocycles. The van der Waals surface area contributed by atoms with E-state index in [1.165, 1.54) is 33.1 Å². The molecule has 0 unspecified atom stereocenters. The zero-order chi connectivity index (χ0) is 25.5. The van der Waals surface area contributed by atoms with Gasteiger partial charge in [-0.2, -0.15) is 0 Å². The van der Waals surface area contributed by atoms with Gasteiger partial charge in [0.25, 0.3) is 0 Å². The van der Waals surface area contributed by atoms with Gasteiger partial charge in [-0.1, -0.05) is 85.8 Å². The van der Waals surface area contributed by atoms with Crippen LogP contribution in [0.1, 0.15) is 25.3 Å². The molecule has 1 heterocycles. The van der Waals surface area contributed by atoms with Crippen LogP contribution in [0.2, 0.25) is 0 Å². The lowest BCUT2D eigenvalue weighted by molar-refractivity contribution is 0.511. The summed E-state index contributed by atoms with van der Waals surface area (Å²) in [6.07, 6.45) is 6.84. The van der Waals surface area contributed by atoms with E-state index in [1.807, 2.05) is 0 Å². The summed E-state index contributed by atoms with van der Waals surface area (Å²) in [5.74, 6) is 0. The number of anilines is 3. The molecule has 7 rings (SSSR count). The molecule has 38 heavy (non-hydrogen) atoms. The Morgan fingerprint density at radius 3 is 1.58 bits per heavy atom. The molecule has 0 N–H and O–H groups in total. The standard InChI is InChI=1S/C36H30N2/c1-36(25-9-10-26-36)27-17-19-29(20-18-27)37(28-11-3-2-4-12-28)30-21-23-31(24-22-30)38-34-15-7-5-13-32(34)33-14-6-8-16-35(33)38/h2-24H,25-26H2,1H3. The maximum atomic E-state index is 2.37. The minimum absolute atomic E-state index is 0.208. The van der Waals surface area contributed by atoms with Gasteiger partial charge in [0, 0.05) is 33.5 Å². The number of para-hydroxylation sites is 3. The molecule has 0 bridgehead atoms. The van der Waals surface area contributed by atoms with Crippen molar-refractivity contribution in [3.05, 3.63) is 145 Å². The summed E-state index contributed by atoms with van der Waals surface area (Å²) in [6, 6.07) is 46.1. The van der Waals surface area contributed by atoms with E-state index in [-0.39, 0.29) is 5.41 Å². The number of hydrogen-bond donors (Lipinski definition) is 0. The van der Waals surface area contributed by atoms with Gasteiger partial charge in [-0.05, 0) is 84.5 Å². The van der Waals surface area contributed by atoms with Crippen molar-refractivity contribution in [2.24, 2.45) is 0 Å². The van der Waals surface area contributed by atoms with Gasteiger partial charge in [0.05, 0.1) is 11.0 Å². The van der Waals surface area contributed by atoms with Gasteiger partial charge < -0.3 is 9.47 Å². The molecule has 1 aliphatic carbocycles. The van der Waals surface area contributed by atoms with Crippen LogP contribution >= 0.6 is 0 Å². The molecular weight excluding hydrogens is 460 g/mol. The van der Waals surface area contributed by atoms with Crippen molar-refractivity contribution in [1.82, 2.24) is 4.57 Å². The van der Waals surface area contributed by atoms with Gasteiger partial charge >= 0.3 is 0 Å². The number of benzene rings is 5. The molecular formula is C36H30N2. The summed E-state index contributed by atoms with van der Waals surface area (Å²) in [5, 5.41) is 2.56. The topological polar surface area (TPSA) is 8.17 Å². The fourth-order valence-corrected chi connectivity index (χ4v) is 5.99. The van der Waals surface area contributed by atoms with E-state index in [4.69, 9.17) is 0 Å². The second kappa shape index (κ2) is 9.08. The molecule has 184 valence electrons. The first-order valence-electron chi connectivity index (χ1n) is 13.4. The van der Waals surface area contributed by atoms with Crippen LogP contribution < -0.4 is 4.90 Å². The van der Waals surface area contributed by atoms with Gasteiger partial charge in [0.2, 0.25) is 0 Å². The average Bonchev–Trinajstić information content (AvgIpc) is 3.57. The van der Waals surface area contributed by atoms with Crippen LogP contribution in [-0.4, -0.2) is 4.57 Å². The van der Waals surface area contributed by atoms with Crippen molar-refractivity contribution >= 4 is 38.9 Å². The van der Waals surface area contributed by atoms with E-state index in [9.17, 15) is 0 Å². The second-order valence-corrected chi connectivity index (χ2v) is 10.5. The number of hydrogen-bond acceptors (Lipinski definition) is 1. The Morgan fingerprint density at radius 1 is 0.526 bits per heavy atom. The molecule has 1 aliphatic rings. The summed E-state index contributed by atoms with van der Waals surface area (Å²) in [5.41, 5.74) is 8.69. The highest BCUT2D eigenvalue weighted by molar-refractivity contribution is 6.09. The zero-order valence-electron chi connectivity index (χ0n) is 21.6. The fraction of sp³-hybridized carbons (Fsp3) is 0.111. The Hall–Kier alpha value is -4.56. The van der Waals surface area contributed by atoms with Gasteiger partial charge in [0.15, 0.2) is 0 Å². The quantitative estimate of drug-likeness (QED) is 0.218. The van der Waals surface area contributed by atoms with E-state index in [0.29, 0.717) is 0 Å². The first-order chi connectivity index (χ1) is 18.7. The van der Waals surface area contributed by atoms with E-state index in [1.54, 1.807) is 0 Å². The average molecular weight is 491 g/mol. The number of aromatic nitrogens is 1. The van der Waals surface area contributed by atoms with Gasteiger partial charge in [0.1, 0.15) is 0 Å². The molecule has 1 aromatic heterocycles. The van der Waals surface area contributed by atoms with Crippen molar-refractivity contribution < 1.29 is 0 Å². The van der Waals surface area contributed by atoms with Crippen LogP contribution in [-0.2, 0) is 5.41 Å². The van der Waals surface area contributed by atoms with Gasteiger partial charge in [-0.25, -0.2) is 0 Å². The number of nitrogens with zero attached hydrogens (tertiary/aromatic N) is 2. The highest BCUT2D eigenvalue weighted by Crippen LogP contribution is 2.40. The summed E-state index contributed by atoms with van der Waals surface area (Å²) >= 11 is 0. The van der Waals surface area contributed by atoms with Crippen molar-refractivity contribution in [2.75, 3.05) is 4.90 Å². The Balaban J connectivity index is 1.31. The van der Waals surface area contributed by atoms with E-state index >= 15 is 0 Å². The van der Waals surface area contributed by atoms with Crippen molar-refractivity contribution in [3.8, 4) is 5.69 Å². The zero-order valence-corrected chi connectivity index (χ0v) is 21.6. The third-order valence-corrected chi connectivity index (χ3v) is 8.09. The lowest BCUT2D eigenvalue weighted by atomic mass is 9.80. The Labute approximate surface area is 224 Å². The molecule has 6 aromatic rings. The summed E-state index contributed by atoms with van der Waals surface area (Å²) < 4.78 is 2.37. The molecule has 0 amide bonds. The third-order valence-electron chi connectivity index (χ3n) is 8.09. The molecule has 0 aliphatic heterocycles. The summed E-state index contributed by atoms with van der Waals surface area (Å²) in [7, 11) is 0. The maximum absolute atomic E-state index is 2.37. The van der Waals surface area contributed by atoms with Crippen LogP contribution in [0.15, 0.2) is 140 Å². The highest BCUT2D eigenvalue weighted by Gasteiger charge is 2.27. The molecule has 0 fully saturated rings. The van der Waals surface area contributed by atoms with Crippen LogP contribution in [0.3, 0.4) is 0 Å². The van der Waals surface area contributed by atoms with Crippen molar-refractivity contribution in [3.63, 3.8) is 0 Å². The van der Waals surface area contributed by atoms with E-state index in [0.717, 1.165) is 29.9 Å². The monoisotopic (exact) mass is 490 g/mol. The molecule has 2 heteroatoms. The lowest BCUT2D eigenvalue weighted by Crippen LogP contribution is -2.17. The molecule has 2 nitrogen and oxygen atoms in total. The first-order valence-corrected chi connectivity index (χ1v) is 13.4. The summed E-state index contributed by atoms with van der Waals surface area (Å²) in [4.78, 5) is 2.34. The normalized spacial score (nSPS) is 14.3. The van der Waals surface area contributed by atoms with Crippen molar-refractivity contribution in [1.29, 1.82) is 0 Å². The minimum Gasteiger partial charge on any atom is -0.311 e. The maximum Gasteiger partial charge on any atom is 0.0541 e. The number of fused-ring (bicyclic) bond motifs is 3. The SMILES string of the molecule is CC1(c2ccc(N(c3ccccc3)c3ccc(-n4c5ccccc5c5ccccc54)cc3)cc2)CC=CC1. The highest BCUT2D eigenvalue weighted by atomic mass is 15.1. The van der Waals surface area contributed by atoms with Gasteiger partial charge in [-0.3, -0.25) is 0 Å². The predicted octanol–water partition coefficient (Wildman–Crippen LogP) is 9.86. The van der Waals surface area contributed by atoms with E-state index in [2.05, 4.69) is 156 Å². The number of rotatable bonds is 5. The molecule has 5 aromatic carbocycles. The van der Waals surface area contributed by atoms with Crippen LogP contribution in [0.25, 0.3) is 27.5 Å². The fourth-order valence-electron chi connectivity index (χ4n) is 5.99. The predicted molar refractivity (Wildman–Crippen MR) is 161 cm³/mol.